The molecule has 2 heterocycles. The molecule has 4 heteroatoms. The van der Waals surface area contributed by atoms with Crippen LogP contribution in [0.5, 0.6) is 0 Å². The summed E-state index contributed by atoms with van der Waals surface area (Å²) in [5, 5.41) is 9.79. The highest BCUT2D eigenvalue weighted by atomic mass is 15.0. The number of rotatable bonds is 5. The summed E-state index contributed by atoms with van der Waals surface area (Å²) >= 11 is 0. The van der Waals surface area contributed by atoms with Gasteiger partial charge < -0.3 is 4.57 Å². The van der Waals surface area contributed by atoms with Crippen molar-refractivity contribution in [3.05, 3.63) is 194 Å². The molecule has 0 aliphatic rings. The van der Waals surface area contributed by atoms with Crippen LogP contribution in [0.3, 0.4) is 0 Å². The average Bonchev–Trinajstić information content (AvgIpc) is 3.61. The van der Waals surface area contributed by atoms with E-state index in [-0.39, 0.29) is 0 Å². The van der Waals surface area contributed by atoms with Gasteiger partial charge in [-0.25, -0.2) is 15.0 Å². The van der Waals surface area contributed by atoms with Crippen LogP contribution in [0.1, 0.15) is 0 Å². The van der Waals surface area contributed by atoms with Gasteiger partial charge in [-0.1, -0.05) is 164 Å². The third-order valence-corrected chi connectivity index (χ3v) is 10.8. The predicted octanol–water partition coefficient (Wildman–Crippen LogP) is 13.1. The lowest BCUT2D eigenvalue weighted by Crippen LogP contribution is -2.02. The third-order valence-electron chi connectivity index (χ3n) is 10.8. The van der Waals surface area contributed by atoms with E-state index >= 15 is 0 Å². The summed E-state index contributed by atoms with van der Waals surface area (Å²) in [6.45, 7) is 0. The lowest BCUT2D eigenvalue weighted by Gasteiger charge is -2.15. The quantitative estimate of drug-likeness (QED) is 0.133. The van der Waals surface area contributed by atoms with E-state index in [0.717, 1.165) is 44.4 Å². The van der Waals surface area contributed by atoms with Gasteiger partial charge in [0.2, 0.25) is 0 Å². The summed E-state index contributed by atoms with van der Waals surface area (Å²) in [5.41, 5.74) is 8.48. The minimum Gasteiger partial charge on any atom is -0.309 e. The van der Waals surface area contributed by atoms with Crippen molar-refractivity contribution >= 4 is 54.1 Å². The molecule has 0 fully saturated rings. The Bertz CT molecular complexity index is 3240. The van der Waals surface area contributed by atoms with E-state index < -0.39 is 0 Å². The van der Waals surface area contributed by atoms with Crippen LogP contribution < -0.4 is 0 Å². The average molecular weight is 701 g/mol. The minimum atomic E-state index is 0.628. The van der Waals surface area contributed by atoms with Crippen LogP contribution in [-0.2, 0) is 0 Å². The Kier molecular flexibility index (Phi) is 7.14. The predicted molar refractivity (Wildman–Crippen MR) is 228 cm³/mol. The molecular formula is C51H32N4. The van der Waals surface area contributed by atoms with Crippen molar-refractivity contribution in [3.8, 4) is 51.0 Å². The normalized spacial score (nSPS) is 11.6. The van der Waals surface area contributed by atoms with Crippen molar-refractivity contribution in [1.29, 1.82) is 0 Å². The Hall–Kier alpha value is -7.43. The van der Waals surface area contributed by atoms with Gasteiger partial charge in [-0.2, -0.15) is 0 Å². The zero-order valence-corrected chi connectivity index (χ0v) is 29.8. The third kappa shape index (κ3) is 5.11. The fourth-order valence-corrected chi connectivity index (χ4v) is 8.30. The summed E-state index contributed by atoms with van der Waals surface area (Å²) < 4.78 is 2.33. The van der Waals surface area contributed by atoms with Crippen LogP contribution in [0, 0.1) is 0 Å². The van der Waals surface area contributed by atoms with Gasteiger partial charge in [0, 0.05) is 33.2 Å². The minimum absolute atomic E-state index is 0.628. The highest BCUT2D eigenvalue weighted by Gasteiger charge is 2.20. The first-order valence-corrected chi connectivity index (χ1v) is 18.6. The Morgan fingerprint density at radius 1 is 0.327 bits per heavy atom. The maximum absolute atomic E-state index is 5.26. The van der Waals surface area contributed by atoms with Gasteiger partial charge in [-0.05, 0) is 73.8 Å². The number of hydrogen-bond acceptors (Lipinski definition) is 3. The molecule has 11 aromatic rings. The van der Waals surface area contributed by atoms with Crippen molar-refractivity contribution in [2.24, 2.45) is 0 Å². The van der Waals surface area contributed by atoms with Crippen LogP contribution in [0.2, 0.25) is 0 Å². The molecule has 55 heavy (non-hydrogen) atoms. The summed E-state index contributed by atoms with van der Waals surface area (Å²) in [7, 11) is 0. The molecule has 0 saturated heterocycles. The smallest absolute Gasteiger partial charge is 0.166 e. The van der Waals surface area contributed by atoms with Gasteiger partial charge in [-0.3, -0.25) is 0 Å². The highest BCUT2D eigenvalue weighted by molar-refractivity contribution is 6.20. The van der Waals surface area contributed by atoms with Gasteiger partial charge in [0.15, 0.2) is 17.5 Å². The second-order valence-electron chi connectivity index (χ2n) is 14.0. The first kappa shape index (κ1) is 31.1. The molecule has 11 rings (SSSR count). The van der Waals surface area contributed by atoms with Gasteiger partial charge in [-0.15, -0.1) is 0 Å². The number of hydrogen-bond donors (Lipinski definition) is 0. The number of fused-ring (bicyclic) bond motifs is 7. The SMILES string of the molecule is c1ccc(-c2nc(-c3ccc(-c4c5ccccc5cc5c4ccc4ccccc45)cc3)nc(-c3cccc4c5ccccc5n(-c5ccccc5)c34)n2)cc1. The Labute approximate surface area is 317 Å². The van der Waals surface area contributed by atoms with Crippen molar-refractivity contribution in [2.75, 3.05) is 0 Å². The van der Waals surface area contributed by atoms with Crippen LogP contribution in [0.25, 0.3) is 105 Å². The molecular weight excluding hydrogens is 669 g/mol. The Morgan fingerprint density at radius 2 is 0.909 bits per heavy atom. The van der Waals surface area contributed by atoms with E-state index in [0.29, 0.717) is 17.5 Å². The number of aromatic nitrogens is 4. The number of benzene rings is 9. The topological polar surface area (TPSA) is 43.6 Å². The zero-order valence-electron chi connectivity index (χ0n) is 29.8. The lowest BCUT2D eigenvalue weighted by molar-refractivity contribution is 1.07. The molecule has 0 aliphatic heterocycles. The molecule has 0 saturated carbocycles. The summed E-state index contributed by atoms with van der Waals surface area (Å²) in [4.78, 5) is 15.5. The van der Waals surface area contributed by atoms with Gasteiger partial charge >= 0.3 is 0 Å². The largest absolute Gasteiger partial charge is 0.309 e. The van der Waals surface area contributed by atoms with Crippen LogP contribution >= 0.6 is 0 Å². The van der Waals surface area contributed by atoms with Gasteiger partial charge in [0.1, 0.15) is 0 Å². The first-order chi connectivity index (χ1) is 27.3. The van der Waals surface area contributed by atoms with E-state index in [4.69, 9.17) is 15.0 Å². The van der Waals surface area contributed by atoms with Crippen molar-refractivity contribution in [2.45, 2.75) is 0 Å². The molecule has 0 N–H and O–H groups in total. The van der Waals surface area contributed by atoms with Crippen molar-refractivity contribution < 1.29 is 0 Å². The Morgan fingerprint density at radius 3 is 1.69 bits per heavy atom. The second-order valence-corrected chi connectivity index (χ2v) is 14.0. The lowest BCUT2D eigenvalue weighted by atomic mass is 9.89. The monoisotopic (exact) mass is 700 g/mol. The van der Waals surface area contributed by atoms with Crippen LogP contribution in [0.15, 0.2) is 194 Å². The molecule has 0 radical (unpaired) electrons. The van der Waals surface area contributed by atoms with E-state index in [1.54, 1.807) is 0 Å². The maximum Gasteiger partial charge on any atom is 0.166 e. The first-order valence-electron chi connectivity index (χ1n) is 18.6. The molecule has 0 spiro atoms. The molecule has 256 valence electrons. The van der Waals surface area contributed by atoms with E-state index in [1.807, 2.05) is 18.2 Å². The van der Waals surface area contributed by atoms with Crippen LogP contribution in [-0.4, -0.2) is 19.5 Å². The molecule has 0 amide bonds. The van der Waals surface area contributed by atoms with Crippen LogP contribution in [0.4, 0.5) is 0 Å². The van der Waals surface area contributed by atoms with Crippen molar-refractivity contribution in [3.63, 3.8) is 0 Å². The molecule has 2 aromatic heterocycles. The van der Waals surface area contributed by atoms with Crippen molar-refractivity contribution in [1.82, 2.24) is 19.5 Å². The maximum atomic E-state index is 5.26. The molecule has 0 bridgehead atoms. The summed E-state index contributed by atoms with van der Waals surface area (Å²) in [5.74, 6) is 1.89. The fourth-order valence-electron chi connectivity index (χ4n) is 8.30. The molecule has 0 aliphatic carbocycles. The van der Waals surface area contributed by atoms with E-state index in [2.05, 4.69) is 180 Å². The molecule has 9 aromatic carbocycles. The zero-order chi connectivity index (χ0) is 36.3. The Balaban J connectivity index is 1.12. The second kappa shape index (κ2) is 12.6. The molecule has 0 unspecified atom stereocenters. The standard InChI is InChI=1S/C51H32N4/c1-3-15-35(16-4-1)49-52-50(54-51(53-49)44-24-13-23-43-41-22-11-12-25-46(41)55(48(43)44)38-18-5-2-6-19-38)36-28-26-34(27-29-36)47-40-21-10-8-17-37(40)32-45-39-20-9-7-14-33(39)30-31-42(45)47/h1-32H. The summed E-state index contributed by atoms with van der Waals surface area (Å²) in [6, 6.07) is 68.6. The summed E-state index contributed by atoms with van der Waals surface area (Å²) in [6.07, 6.45) is 0. The molecule has 4 nitrogen and oxygen atoms in total. The van der Waals surface area contributed by atoms with Gasteiger partial charge in [0.05, 0.1) is 11.0 Å². The fraction of sp³-hybridized carbons (Fsp3) is 0. The van der Waals surface area contributed by atoms with E-state index in [1.165, 1.54) is 43.3 Å². The highest BCUT2D eigenvalue weighted by Crippen LogP contribution is 2.41. The van der Waals surface area contributed by atoms with Gasteiger partial charge in [0.25, 0.3) is 0 Å². The van der Waals surface area contributed by atoms with E-state index in [9.17, 15) is 0 Å². The number of para-hydroxylation sites is 3. The molecule has 0 atom stereocenters. The number of nitrogens with zero attached hydrogens (tertiary/aromatic N) is 4.